The molecule has 1 amide bonds. The summed E-state index contributed by atoms with van der Waals surface area (Å²) in [6, 6.07) is 11.3. The number of carbonyl (C=O) groups excluding carboxylic acids is 1. The van der Waals surface area contributed by atoms with E-state index in [9.17, 15) is 4.79 Å². The molecule has 1 aliphatic carbocycles. The summed E-state index contributed by atoms with van der Waals surface area (Å²) in [5.74, 6) is 2.41. The number of benzene rings is 1. The largest absolute Gasteiger partial charge is 0.493 e. The van der Waals surface area contributed by atoms with Gasteiger partial charge in [-0.1, -0.05) is 18.2 Å². The lowest BCUT2D eigenvalue weighted by Crippen LogP contribution is -2.36. The van der Waals surface area contributed by atoms with Crippen LogP contribution in [0.5, 0.6) is 5.75 Å². The van der Waals surface area contributed by atoms with Gasteiger partial charge in [0.05, 0.1) is 13.2 Å². The van der Waals surface area contributed by atoms with Crippen LogP contribution in [0.15, 0.2) is 45.8 Å². The smallest absolute Gasteiger partial charge is 0.284 e. The molecule has 3 rings (SSSR count). The lowest BCUT2D eigenvalue weighted by Gasteiger charge is -2.14. The number of nitrogens with two attached hydrogens (primary N) is 1. The Labute approximate surface area is 175 Å². The highest BCUT2D eigenvalue weighted by Crippen LogP contribution is 2.30. The lowest BCUT2D eigenvalue weighted by atomic mass is 10.2. The van der Waals surface area contributed by atoms with Crippen LogP contribution in [-0.2, 0) is 13.1 Å². The standard InChI is InChI=1S/C19H24N4O3.HI/c1-21-19(23-11-15-8-9-17(26-15)18(20)24)22-10-14-4-2-3-5-16(14)25-12-13-6-7-13;/h2-5,8-9,13H,6-7,10-12H2,1H3,(H2,20,24)(H2,21,22,23);1H. The zero-order valence-corrected chi connectivity index (χ0v) is 17.6. The Bertz CT molecular complexity index is 787. The lowest BCUT2D eigenvalue weighted by molar-refractivity contribution is 0.0972. The van der Waals surface area contributed by atoms with Crippen molar-refractivity contribution < 1.29 is 13.9 Å². The van der Waals surface area contributed by atoms with Gasteiger partial charge in [0.25, 0.3) is 5.91 Å². The molecular weight excluding hydrogens is 459 g/mol. The summed E-state index contributed by atoms with van der Waals surface area (Å²) in [4.78, 5) is 15.3. The van der Waals surface area contributed by atoms with Gasteiger partial charge in [-0.3, -0.25) is 9.79 Å². The van der Waals surface area contributed by atoms with Crippen LogP contribution in [-0.4, -0.2) is 25.5 Å². The molecule has 0 atom stereocenters. The molecule has 4 N–H and O–H groups in total. The number of carbonyl (C=O) groups is 1. The third-order valence-electron chi connectivity index (χ3n) is 4.15. The summed E-state index contributed by atoms with van der Waals surface area (Å²) in [6.07, 6.45) is 2.53. The zero-order chi connectivity index (χ0) is 18.4. The van der Waals surface area contributed by atoms with Crippen LogP contribution in [0.1, 0.15) is 34.7 Å². The number of guanidine groups is 1. The number of nitrogens with one attached hydrogen (secondary N) is 2. The fourth-order valence-corrected chi connectivity index (χ4v) is 2.46. The molecule has 7 nitrogen and oxygen atoms in total. The van der Waals surface area contributed by atoms with E-state index in [1.807, 2.05) is 24.3 Å². The molecule has 8 heteroatoms. The molecule has 0 aliphatic heterocycles. The molecule has 1 fully saturated rings. The third-order valence-corrected chi connectivity index (χ3v) is 4.15. The number of nitrogens with zero attached hydrogens (tertiary/aromatic N) is 1. The molecule has 146 valence electrons. The van der Waals surface area contributed by atoms with E-state index >= 15 is 0 Å². The van der Waals surface area contributed by atoms with E-state index in [-0.39, 0.29) is 29.7 Å². The molecule has 0 radical (unpaired) electrons. The molecule has 1 heterocycles. The minimum absolute atomic E-state index is 0. The highest BCUT2D eigenvalue weighted by atomic mass is 127. The van der Waals surface area contributed by atoms with Gasteiger partial charge in [-0.25, -0.2) is 0 Å². The maximum Gasteiger partial charge on any atom is 0.284 e. The van der Waals surface area contributed by atoms with Crippen molar-refractivity contribution in [2.45, 2.75) is 25.9 Å². The van der Waals surface area contributed by atoms with E-state index in [4.69, 9.17) is 14.9 Å². The first-order chi connectivity index (χ1) is 12.7. The van der Waals surface area contributed by atoms with Crippen molar-refractivity contribution in [2.75, 3.05) is 13.7 Å². The Morgan fingerprint density at radius 2 is 1.96 bits per heavy atom. The average molecular weight is 484 g/mol. The van der Waals surface area contributed by atoms with Crippen LogP contribution >= 0.6 is 24.0 Å². The summed E-state index contributed by atoms with van der Waals surface area (Å²) in [6.45, 7) is 1.77. The molecule has 2 aromatic rings. The van der Waals surface area contributed by atoms with Crippen molar-refractivity contribution in [1.29, 1.82) is 0 Å². The van der Waals surface area contributed by atoms with Crippen LogP contribution in [0.4, 0.5) is 0 Å². The van der Waals surface area contributed by atoms with Gasteiger partial charge in [0.1, 0.15) is 11.5 Å². The number of furan rings is 1. The van der Waals surface area contributed by atoms with E-state index in [0.29, 0.717) is 30.7 Å². The molecule has 1 aliphatic rings. The van der Waals surface area contributed by atoms with Crippen LogP contribution in [0.2, 0.25) is 0 Å². The Kier molecular flexibility index (Phi) is 7.96. The Balaban J connectivity index is 0.00000261. The number of para-hydroxylation sites is 1. The van der Waals surface area contributed by atoms with Crippen molar-refractivity contribution in [3.63, 3.8) is 0 Å². The van der Waals surface area contributed by atoms with E-state index in [1.165, 1.54) is 12.8 Å². The molecule has 0 saturated heterocycles. The Morgan fingerprint density at radius 1 is 1.22 bits per heavy atom. The first-order valence-corrected chi connectivity index (χ1v) is 8.69. The SMILES string of the molecule is CN=C(NCc1ccc(C(N)=O)o1)NCc1ccccc1OCC1CC1.I. The molecule has 1 aromatic carbocycles. The van der Waals surface area contributed by atoms with Gasteiger partial charge in [0.2, 0.25) is 0 Å². The van der Waals surface area contributed by atoms with E-state index in [2.05, 4.69) is 15.6 Å². The van der Waals surface area contributed by atoms with E-state index in [1.54, 1.807) is 19.2 Å². The summed E-state index contributed by atoms with van der Waals surface area (Å²) in [7, 11) is 1.70. The number of amides is 1. The molecule has 0 spiro atoms. The monoisotopic (exact) mass is 484 g/mol. The van der Waals surface area contributed by atoms with Crippen molar-refractivity contribution in [3.8, 4) is 5.75 Å². The first kappa shape index (κ1) is 21.1. The number of aliphatic imine (C=N–C) groups is 1. The topological polar surface area (TPSA) is 102 Å². The molecule has 27 heavy (non-hydrogen) atoms. The van der Waals surface area contributed by atoms with Gasteiger partial charge >= 0.3 is 0 Å². The van der Waals surface area contributed by atoms with Crippen molar-refractivity contribution in [2.24, 2.45) is 16.6 Å². The minimum atomic E-state index is -0.582. The average Bonchev–Trinajstić information content (AvgIpc) is 3.36. The predicted molar refractivity (Wildman–Crippen MR) is 114 cm³/mol. The second-order valence-electron chi connectivity index (χ2n) is 6.27. The van der Waals surface area contributed by atoms with Crippen molar-refractivity contribution in [1.82, 2.24) is 10.6 Å². The van der Waals surface area contributed by atoms with Gasteiger partial charge < -0.3 is 25.5 Å². The Hall–Kier alpha value is -2.23. The minimum Gasteiger partial charge on any atom is -0.493 e. The van der Waals surface area contributed by atoms with Crippen molar-refractivity contribution in [3.05, 3.63) is 53.5 Å². The number of rotatable bonds is 8. The Morgan fingerprint density at radius 3 is 2.63 bits per heavy atom. The number of primary amides is 1. The highest BCUT2D eigenvalue weighted by Gasteiger charge is 2.22. The quantitative estimate of drug-likeness (QED) is 0.304. The second kappa shape index (κ2) is 10.2. The third kappa shape index (κ3) is 6.46. The van der Waals surface area contributed by atoms with Gasteiger partial charge in [0, 0.05) is 19.2 Å². The summed E-state index contributed by atoms with van der Waals surface area (Å²) in [5, 5.41) is 6.39. The maximum absolute atomic E-state index is 11.1. The fourth-order valence-electron chi connectivity index (χ4n) is 2.46. The molecular formula is C19H25IN4O3. The van der Waals surface area contributed by atoms with Crippen LogP contribution in [0.25, 0.3) is 0 Å². The van der Waals surface area contributed by atoms with Crippen molar-refractivity contribution >= 4 is 35.8 Å². The van der Waals surface area contributed by atoms with Gasteiger partial charge in [-0.05, 0) is 37.0 Å². The van der Waals surface area contributed by atoms with Crippen LogP contribution in [0.3, 0.4) is 0 Å². The maximum atomic E-state index is 11.1. The van der Waals surface area contributed by atoms with Crippen LogP contribution in [0, 0.1) is 5.92 Å². The predicted octanol–water partition coefficient (Wildman–Crippen LogP) is 2.65. The fraction of sp³-hybridized carbons (Fsp3) is 0.368. The summed E-state index contributed by atoms with van der Waals surface area (Å²) in [5.41, 5.74) is 6.26. The first-order valence-electron chi connectivity index (χ1n) is 8.69. The van der Waals surface area contributed by atoms with Crippen LogP contribution < -0.4 is 21.1 Å². The second-order valence-corrected chi connectivity index (χ2v) is 6.27. The van der Waals surface area contributed by atoms with E-state index in [0.717, 1.165) is 17.9 Å². The highest BCUT2D eigenvalue weighted by molar-refractivity contribution is 14.0. The molecule has 0 unspecified atom stereocenters. The zero-order valence-electron chi connectivity index (χ0n) is 15.2. The normalized spacial score (nSPS) is 13.6. The molecule has 1 aromatic heterocycles. The number of ether oxygens (including phenoxy) is 1. The molecule has 1 saturated carbocycles. The number of hydrogen-bond acceptors (Lipinski definition) is 4. The van der Waals surface area contributed by atoms with Gasteiger partial charge in [-0.2, -0.15) is 0 Å². The number of halogens is 1. The van der Waals surface area contributed by atoms with Gasteiger partial charge in [0.15, 0.2) is 11.7 Å². The summed E-state index contributed by atoms with van der Waals surface area (Å²) >= 11 is 0. The number of hydrogen-bond donors (Lipinski definition) is 3. The van der Waals surface area contributed by atoms with E-state index < -0.39 is 5.91 Å². The molecule has 0 bridgehead atoms. The summed E-state index contributed by atoms with van der Waals surface area (Å²) < 4.78 is 11.3. The van der Waals surface area contributed by atoms with Gasteiger partial charge in [-0.15, -0.1) is 24.0 Å².